The summed E-state index contributed by atoms with van der Waals surface area (Å²) in [7, 11) is 0. The van der Waals surface area contributed by atoms with Gasteiger partial charge in [-0.3, -0.25) is 0 Å². The Balaban J connectivity index is 2.83. The second-order valence-electron chi connectivity index (χ2n) is 4.83. The first-order chi connectivity index (χ1) is 8.02. The highest BCUT2D eigenvalue weighted by Gasteiger charge is 2.23. The van der Waals surface area contributed by atoms with Crippen LogP contribution in [0.5, 0.6) is 0 Å². The Morgan fingerprint density at radius 3 is 2.65 bits per heavy atom. The van der Waals surface area contributed by atoms with Gasteiger partial charge in [-0.05, 0) is 36.4 Å². The largest absolute Gasteiger partial charge is 0.316 e. The normalized spacial score (nSPS) is 14.6. The van der Waals surface area contributed by atoms with Gasteiger partial charge >= 0.3 is 0 Å². The summed E-state index contributed by atoms with van der Waals surface area (Å²) in [6, 6.07) is 5.22. The molecule has 0 saturated heterocycles. The molecular weight excluding hydrogens is 237 g/mol. The van der Waals surface area contributed by atoms with Gasteiger partial charge < -0.3 is 5.32 Å². The van der Waals surface area contributed by atoms with Crippen molar-refractivity contribution >= 4 is 11.6 Å². The van der Waals surface area contributed by atoms with Gasteiger partial charge in [-0.15, -0.1) is 0 Å². The minimum atomic E-state index is -0.273. The topological polar surface area (TPSA) is 12.0 Å². The minimum absolute atomic E-state index is 0.0710. The Hall–Kier alpha value is -0.600. The van der Waals surface area contributed by atoms with Crippen molar-refractivity contribution < 1.29 is 4.39 Å². The van der Waals surface area contributed by atoms with Gasteiger partial charge in [-0.2, -0.15) is 0 Å². The van der Waals surface area contributed by atoms with Crippen LogP contribution >= 0.6 is 11.6 Å². The summed E-state index contributed by atoms with van der Waals surface area (Å²) in [6.45, 7) is 8.23. The minimum Gasteiger partial charge on any atom is -0.316 e. The maximum absolute atomic E-state index is 13.8. The number of nitrogens with one attached hydrogen (secondary N) is 1. The molecule has 1 unspecified atom stereocenters. The van der Waals surface area contributed by atoms with E-state index >= 15 is 0 Å². The van der Waals surface area contributed by atoms with E-state index in [4.69, 9.17) is 11.6 Å². The zero-order chi connectivity index (χ0) is 12.9. The van der Waals surface area contributed by atoms with Crippen LogP contribution in [-0.2, 0) is 6.42 Å². The molecule has 0 fully saturated rings. The summed E-state index contributed by atoms with van der Waals surface area (Å²) < 4.78 is 13.8. The Bertz CT molecular complexity index is 367. The molecule has 1 aromatic carbocycles. The molecule has 0 aromatic heterocycles. The molecule has 0 aliphatic carbocycles. The number of benzene rings is 1. The highest BCUT2D eigenvalue weighted by molar-refractivity contribution is 6.30. The molecular formula is C14H21ClFN. The summed E-state index contributed by atoms with van der Waals surface area (Å²) in [4.78, 5) is 0. The monoisotopic (exact) mass is 257 g/mol. The number of halogens is 2. The summed E-state index contributed by atoms with van der Waals surface area (Å²) in [5.74, 6) is -0.273. The molecule has 0 spiro atoms. The van der Waals surface area contributed by atoms with E-state index < -0.39 is 0 Å². The maximum atomic E-state index is 13.8. The van der Waals surface area contributed by atoms with Crippen molar-refractivity contribution in [1.29, 1.82) is 0 Å². The van der Waals surface area contributed by atoms with Crippen LogP contribution in [0.3, 0.4) is 0 Å². The average molecular weight is 258 g/mol. The molecule has 1 atom stereocenters. The predicted molar refractivity (Wildman–Crippen MR) is 72.1 cm³/mol. The van der Waals surface area contributed by atoms with E-state index in [2.05, 4.69) is 26.1 Å². The third-order valence-corrected chi connectivity index (χ3v) is 3.60. The molecule has 1 N–H and O–H groups in total. The smallest absolute Gasteiger partial charge is 0.144 e. The molecule has 0 bridgehead atoms. The van der Waals surface area contributed by atoms with Crippen LogP contribution in [0, 0.1) is 11.2 Å². The van der Waals surface area contributed by atoms with Crippen molar-refractivity contribution in [3.63, 3.8) is 0 Å². The van der Waals surface area contributed by atoms with Crippen LogP contribution in [0.1, 0.15) is 32.8 Å². The van der Waals surface area contributed by atoms with Crippen LogP contribution in [0.15, 0.2) is 18.2 Å². The first-order valence-corrected chi connectivity index (χ1v) is 6.54. The van der Waals surface area contributed by atoms with Crippen molar-refractivity contribution in [1.82, 2.24) is 5.32 Å². The lowest BCUT2D eigenvalue weighted by molar-refractivity contribution is 0.289. The predicted octanol–water partition coefficient (Wildman–Crippen LogP) is 4.05. The maximum Gasteiger partial charge on any atom is 0.144 e. The molecule has 1 aromatic rings. The Morgan fingerprint density at radius 1 is 1.35 bits per heavy atom. The standard InChI is InChI=1S/C14H21ClFN/c1-4-14(3,10-17-5-2)9-11-7-6-8-12(15)13(11)16/h6-8,17H,4-5,9-10H2,1-3H3. The van der Waals surface area contributed by atoms with E-state index in [1.54, 1.807) is 6.07 Å². The lowest BCUT2D eigenvalue weighted by Gasteiger charge is -2.29. The average Bonchev–Trinajstić information content (AvgIpc) is 2.33. The molecule has 0 heterocycles. The van der Waals surface area contributed by atoms with Gasteiger partial charge in [0.15, 0.2) is 0 Å². The summed E-state index contributed by atoms with van der Waals surface area (Å²) in [5, 5.41) is 3.55. The van der Waals surface area contributed by atoms with Gasteiger partial charge in [-0.25, -0.2) is 4.39 Å². The molecule has 0 saturated carbocycles. The molecule has 0 aliphatic heterocycles. The zero-order valence-corrected chi connectivity index (χ0v) is 11.6. The van der Waals surface area contributed by atoms with Gasteiger partial charge in [0.25, 0.3) is 0 Å². The van der Waals surface area contributed by atoms with E-state index in [-0.39, 0.29) is 16.3 Å². The van der Waals surface area contributed by atoms with E-state index in [1.165, 1.54) is 0 Å². The fraction of sp³-hybridized carbons (Fsp3) is 0.571. The van der Waals surface area contributed by atoms with Crippen LogP contribution in [-0.4, -0.2) is 13.1 Å². The van der Waals surface area contributed by atoms with Crippen LogP contribution < -0.4 is 5.32 Å². The van der Waals surface area contributed by atoms with Crippen molar-refractivity contribution in [2.24, 2.45) is 5.41 Å². The second-order valence-corrected chi connectivity index (χ2v) is 5.24. The molecule has 1 nitrogen and oxygen atoms in total. The lowest BCUT2D eigenvalue weighted by atomic mass is 9.81. The summed E-state index contributed by atoms with van der Waals surface area (Å²) in [5.41, 5.74) is 0.779. The highest BCUT2D eigenvalue weighted by Crippen LogP contribution is 2.29. The molecule has 17 heavy (non-hydrogen) atoms. The molecule has 0 radical (unpaired) electrons. The Labute approximate surface area is 108 Å². The summed E-state index contributed by atoms with van der Waals surface area (Å²) >= 11 is 5.80. The fourth-order valence-electron chi connectivity index (χ4n) is 1.88. The van der Waals surface area contributed by atoms with Crippen molar-refractivity contribution in [2.45, 2.75) is 33.6 Å². The van der Waals surface area contributed by atoms with Gasteiger partial charge in [0.1, 0.15) is 5.82 Å². The van der Waals surface area contributed by atoms with Crippen molar-refractivity contribution in [3.8, 4) is 0 Å². The first kappa shape index (κ1) is 14.5. The second kappa shape index (κ2) is 6.36. The van der Waals surface area contributed by atoms with Gasteiger partial charge in [-0.1, -0.05) is 44.5 Å². The van der Waals surface area contributed by atoms with Crippen molar-refractivity contribution in [2.75, 3.05) is 13.1 Å². The number of hydrogen-bond acceptors (Lipinski definition) is 1. The van der Waals surface area contributed by atoms with E-state index in [0.717, 1.165) is 19.5 Å². The van der Waals surface area contributed by atoms with E-state index in [0.29, 0.717) is 12.0 Å². The molecule has 0 aliphatic rings. The Morgan fingerprint density at radius 2 is 2.06 bits per heavy atom. The quantitative estimate of drug-likeness (QED) is 0.811. The van der Waals surface area contributed by atoms with Gasteiger partial charge in [0, 0.05) is 6.54 Å². The zero-order valence-electron chi connectivity index (χ0n) is 10.8. The number of hydrogen-bond donors (Lipinski definition) is 1. The SMILES string of the molecule is CCNCC(C)(CC)Cc1cccc(Cl)c1F. The van der Waals surface area contributed by atoms with Gasteiger partial charge in [0.05, 0.1) is 5.02 Å². The van der Waals surface area contributed by atoms with E-state index in [9.17, 15) is 4.39 Å². The van der Waals surface area contributed by atoms with Crippen LogP contribution in [0.4, 0.5) is 4.39 Å². The molecule has 3 heteroatoms. The first-order valence-electron chi connectivity index (χ1n) is 6.16. The molecule has 0 amide bonds. The van der Waals surface area contributed by atoms with Crippen LogP contribution in [0.2, 0.25) is 5.02 Å². The third kappa shape index (κ3) is 3.97. The van der Waals surface area contributed by atoms with Gasteiger partial charge in [0.2, 0.25) is 0 Å². The summed E-state index contributed by atoms with van der Waals surface area (Å²) in [6.07, 6.45) is 1.72. The third-order valence-electron chi connectivity index (χ3n) is 3.30. The fourth-order valence-corrected chi connectivity index (χ4v) is 2.08. The molecule has 96 valence electrons. The Kier molecular flexibility index (Phi) is 5.41. The highest BCUT2D eigenvalue weighted by atomic mass is 35.5. The lowest BCUT2D eigenvalue weighted by Crippen LogP contribution is -2.33. The van der Waals surface area contributed by atoms with Crippen LogP contribution in [0.25, 0.3) is 0 Å². The van der Waals surface area contributed by atoms with Crippen molar-refractivity contribution in [3.05, 3.63) is 34.6 Å². The molecule has 1 rings (SSSR count). The number of rotatable bonds is 6. The van der Waals surface area contributed by atoms with E-state index in [1.807, 2.05) is 12.1 Å².